The number of methoxy groups -OCH3 is 2. The molecule has 0 spiro atoms. The lowest BCUT2D eigenvalue weighted by atomic mass is 10.2. The van der Waals surface area contributed by atoms with Gasteiger partial charge < -0.3 is 14.8 Å². The summed E-state index contributed by atoms with van der Waals surface area (Å²) < 4.78 is 10.5. The standard InChI is InChI=1S/C18H22N2O3/c1-20(12-14-7-4-5-10-17(14)23-3)13-18(21)19-15-8-6-9-16(11-15)22-2/h4-11H,12-13H2,1-3H3,(H,19,21). The molecule has 0 aliphatic rings. The largest absolute Gasteiger partial charge is 0.497 e. The number of carbonyl (C=O) groups excluding carboxylic acids is 1. The Labute approximate surface area is 136 Å². The summed E-state index contributed by atoms with van der Waals surface area (Å²) in [5.41, 5.74) is 1.77. The number of hydrogen-bond acceptors (Lipinski definition) is 4. The van der Waals surface area contributed by atoms with Crippen molar-refractivity contribution in [2.24, 2.45) is 0 Å². The van der Waals surface area contributed by atoms with E-state index in [2.05, 4.69) is 5.32 Å². The van der Waals surface area contributed by atoms with Gasteiger partial charge in [0.2, 0.25) is 5.91 Å². The van der Waals surface area contributed by atoms with Crippen LogP contribution in [0.25, 0.3) is 0 Å². The quantitative estimate of drug-likeness (QED) is 0.854. The van der Waals surface area contributed by atoms with E-state index in [9.17, 15) is 4.79 Å². The molecule has 0 saturated carbocycles. The number of amides is 1. The van der Waals surface area contributed by atoms with Gasteiger partial charge in [-0.1, -0.05) is 24.3 Å². The summed E-state index contributed by atoms with van der Waals surface area (Å²) in [7, 11) is 5.15. The van der Waals surface area contributed by atoms with E-state index in [0.717, 1.165) is 17.0 Å². The van der Waals surface area contributed by atoms with Crippen molar-refractivity contribution in [3.63, 3.8) is 0 Å². The molecule has 0 atom stereocenters. The highest BCUT2D eigenvalue weighted by Crippen LogP contribution is 2.19. The van der Waals surface area contributed by atoms with Crippen LogP contribution in [-0.4, -0.2) is 38.6 Å². The Morgan fingerprint density at radius 2 is 1.87 bits per heavy atom. The lowest BCUT2D eigenvalue weighted by Gasteiger charge is -2.18. The zero-order chi connectivity index (χ0) is 16.7. The monoisotopic (exact) mass is 314 g/mol. The molecule has 0 heterocycles. The molecule has 0 aliphatic heterocycles. The topological polar surface area (TPSA) is 50.8 Å². The predicted octanol–water partition coefficient (Wildman–Crippen LogP) is 2.77. The van der Waals surface area contributed by atoms with Crippen LogP contribution < -0.4 is 14.8 Å². The number of ether oxygens (including phenoxy) is 2. The maximum atomic E-state index is 12.1. The van der Waals surface area contributed by atoms with Gasteiger partial charge >= 0.3 is 0 Å². The van der Waals surface area contributed by atoms with E-state index in [-0.39, 0.29) is 12.5 Å². The Balaban J connectivity index is 1.91. The van der Waals surface area contributed by atoms with Gasteiger partial charge in [0.25, 0.3) is 0 Å². The van der Waals surface area contributed by atoms with Crippen molar-refractivity contribution in [1.82, 2.24) is 4.90 Å². The van der Waals surface area contributed by atoms with E-state index in [1.165, 1.54) is 0 Å². The van der Waals surface area contributed by atoms with Crippen molar-refractivity contribution in [1.29, 1.82) is 0 Å². The van der Waals surface area contributed by atoms with Crippen LogP contribution >= 0.6 is 0 Å². The Bertz CT molecular complexity index is 658. The zero-order valence-corrected chi connectivity index (χ0v) is 13.7. The summed E-state index contributed by atoms with van der Waals surface area (Å²) >= 11 is 0. The summed E-state index contributed by atoms with van der Waals surface area (Å²) in [5, 5.41) is 2.87. The van der Waals surface area contributed by atoms with Crippen molar-refractivity contribution in [3.8, 4) is 11.5 Å². The molecule has 5 heteroatoms. The second kappa shape index (κ2) is 8.19. The first-order valence-electron chi connectivity index (χ1n) is 7.36. The molecule has 5 nitrogen and oxygen atoms in total. The van der Waals surface area contributed by atoms with Gasteiger partial charge in [-0.05, 0) is 25.2 Å². The number of carbonyl (C=O) groups is 1. The third kappa shape index (κ3) is 5.00. The Hall–Kier alpha value is -2.53. The van der Waals surface area contributed by atoms with Gasteiger partial charge in [0, 0.05) is 23.9 Å². The average Bonchev–Trinajstić information content (AvgIpc) is 2.55. The van der Waals surface area contributed by atoms with Crippen LogP contribution in [0.3, 0.4) is 0 Å². The normalized spacial score (nSPS) is 10.4. The van der Waals surface area contributed by atoms with Crippen LogP contribution in [-0.2, 0) is 11.3 Å². The van der Waals surface area contributed by atoms with Gasteiger partial charge in [-0.15, -0.1) is 0 Å². The molecule has 23 heavy (non-hydrogen) atoms. The van der Waals surface area contributed by atoms with Crippen molar-refractivity contribution in [2.75, 3.05) is 33.1 Å². The van der Waals surface area contributed by atoms with Gasteiger partial charge in [0.1, 0.15) is 11.5 Å². The van der Waals surface area contributed by atoms with Crippen LogP contribution in [0, 0.1) is 0 Å². The van der Waals surface area contributed by atoms with Gasteiger partial charge in [0.05, 0.1) is 20.8 Å². The molecule has 0 aliphatic carbocycles. The second-order valence-corrected chi connectivity index (χ2v) is 5.26. The molecule has 0 aromatic heterocycles. The fraction of sp³-hybridized carbons (Fsp3) is 0.278. The Kier molecular flexibility index (Phi) is 6.00. The lowest BCUT2D eigenvalue weighted by molar-refractivity contribution is -0.117. The minimum absolute atomic E-state index is 0.0735. The fourth-order valence-corrected chi connectivity index (χ4v) is 2.33. The van der Waals surface area contributed by atoms with Gasteiger partial charge in [0.15, 0.2) is 0 Å². The van der Waals surface area contributed by atoms with Gasteiger partial charge in [-0.25, -0.2) is 0 Å². The number of hydrogen-bond donors (Lipinski definition) is 1. The third-order valence-electron chi connectivity index (χ3n) is 3.40. The van der Waals surface area contributed by atoms with E-state index in [1.807, 2.05) is 54.4 Å². The minimum atomic E-state index is -0.0735. The van der Waals surface area contributed by atoms with Crippen LogP contribution in [0.2, 0.25) is 0 Å². The van der Waals surface area contributed by atoms with E-state index >= 15 is 0 Å². The maximum absolute atomic E-state index is 12.1. The number of nitrogens with one attached hydrogen (secondary N) is 1. The van der Waals surface area contributed by atoms with Crippen molar-refractivity contribution in [3.05, 3.63) is 54.1 Å². The van der Waals surface area contributed by atoms with E-state index in [1.54, 1.807) is 20.3 Å². The predicted molar refractivity (Wildman–Crippen MR) is 91.0 cm³/mol. The Morgan fingerprint density at radius 3 is 2.61 bits per heavy atom. The highest BCUT2D eigenvalue weighted by atomic mass is 16.5. The zero-order valence-electron chi connectivity index (χ0n) is 13.7. The van der Waals surface area contributed by atoms with Crippen molar-refractivity contribution in [2.45, 2.75) is 6.54 Å². The number of anilines is 1. The highest BCUT2D eigenvalue weighted by Gasteiger charge is 2.10. The number of nitrogens with zero attached hydrogens (tertiary/aromatic N) is 1. The molecule has 1 amide bonds. The lowest BCUT2D eigenvalue weighted by Crippen LogP contribution is -2.29. The number of rotatable bonds is 7. The maximum Gasteiger partial charge on any atom is 0.238 e. The molecule has 0 bridgehead atoms. The van der Waals surface area contributed by atoms with Gasteiger partial charge in [-0.3, -0.25) is 9.69 Å². The third-order valence-corrected chi connectivity index (χ3v) is 3.40. The molecule has 2 aromatic carbocycles. The first kappa shape index (κ1) is 16.8. The molecule has 0 saturated heterocycles. The van der Waals surface area contributed by atoms with E-state index in [4.69, 9.17) is 9.47 Å². The summed E-state index contributed by atoms with van der Waals surface area (Å²) in [6.45, 7) is 0.921. The Morgan fingerprint density at radius 1 is 1.09 bits per heavy atom. The molecule has 2 rings (SSSR count). The number of benzene rings is 2. The first-order chi connectivity index (χ1) is 11.1. The van der Waals surface area contributed by atoms with Crippen LogP contribution in [0.15, 0.2) is 48.5 Å². The minimum Gasteiger partial charge on any atom is -0.497 e. The van der Waals surface area contributed by atoms with Gasteiger partial charge in [-0.2, -0.15) is 0 Å². The molecule has 0 fully saturated rings. The summed E-state index contributed by atoms with van der Waals surface area (Å²) in [6.07, 6.45) is 0. The molecule has 2 aromatic rings. The fourth-order valence-electron chi connectivity index (χ4n) is 2.33. The second-order valence-electron chi connectivity index (χ2n) is 5.26. The van der Waals surface area contributed by atoms with E-state index in [0.29, 0.717) is 12.3 Å². The highest BCUT2D eigenvalue weighted by molar-refractivity contribution is 5.92. The SMILES string of the molecule is COc1cccc(NC(=O)CN(C)Cc2ccccc2OC)c1. The van der Waals surface area contributed by atoms with E-state index < -0.39 is 0 Å². The molecule has 1 N–H and O–H groups in total. The van der Waals surface area contributed by atoms with Crippen molar-refractivity contribution < 1.29 is 14.3 Å². The first-order valence-corrected chi connectivity index (χ1v) is 7.36. The van der Waals surface area contributed by atoms with Crippen LogP contribution in [0.1, 0.15) is 5.56 Å². The summed E-state index contributed by atoms with van der Waals surface area (Å²) in [6, 6.07) is 15.1. The summed E-state index contributed by atoms with van der Waals surface area (Å²) in [4.78, 5) is 14.1. The molecule has 122 valence electrons. The molecular weight excluding hydrogens is 292 g/mol. The van der Waals surface area contributed by atoms with Crippen molar-refractivity contribution >= 4 is 11.6 Å². The summed E-state index contributed by atoms with van der Waals surface area (Å²) in [5.74, 6) is 1.47. The molecular formula is C18H22N2O3. The van der Waals surface area contributed by atoms with Crippen LogP contribution in [0.5, 0.6) is 11.5 Å². The average molecular weight is 314 g/mol. The number of likely N-dealkylation sites (N-methyl/N-ethyl adjacent to an activating group) is 1. The molecule has 0 unspecified atom stereocenters. The number of para-hydroxylation sites is 1. The smallest absolute Gasteiger partial charge is 0.238 e. The van der Waals surface area contributed by atoms with Crippen LogP contribution in [0.4, 0.5) is 5.69 Å². The molecule has 0 radical (unpaired) electrons.